The summed E-state index contributed by atoms with van der Waals surface area (Å²) in [6.45, 7) is 1.56. The first kappa shape index (κ1) is 27.7. The summed E-state index contributed by atoms with van der Waals surface area (Å²) in [5, 5.41) is 17.9. The summed E-state index contributed by atoms with van der Waals surface area (Å²) in [7, 11) is 0. The smallest absolute Gasteiger partial charge is 0.381 e. The summed E-state index contributed by atoms with van der Waals surface area (Å²) in [6, 6.07) is -0.736. The molecule has 2 atom stereocenters. The fourth-order valence-corrected chi connectivity index (χ4v) is 4.23. The molecule has 0 unspecified atom stereocenters. The van der Waals surface area contributed by atoms with E-state index < -0.39 is 58.7 Å². The van der Waals surface area contributed by atoms with Gasteiger partial charge < -0.3 is 25.0 Å². The van der Waals surface area contributed by atoms with Crippen molar-refractivity contribution in [3.8, 4) is 0 Å². The number of halogens is 6. The van der Waals surface area contributed by atoms with E-state index in [-0.39, 0.29) is 37.9 Å². The summed E-state index contributed by atoms with van der Waals surface area (Å²) >= 11 is 0.505. The number of hydrogen-bond acceptors (Lipinski definition) is 9. The van der Waals surface area contributed by atoms with E-state index in [1.807, 2.05) is 0 Å². The number of carbonyl (C=O) groups is 1. The Morgan fingerprint density at radius 1 is 1.17 bits per heavy atom. The van der Waals surface area contributed by atoms with Gasteiger partial charge in [-0.1, -0.05) is 11.3 Å². The third kappa shape index (κ3) is 6.85. The molecule has 1 fully saturated rings. The van der Waals surface area contributed by atoms with Crippen LogP contribution in [0.5, 0.6) is 0 Å². The lowest BCUT2D eigenvalue weighted by atomic mass is 10.2. The summed E-state index contributed by atoms with van der Waals surface area (Å²) in [6.07, 6.45) is -9.38. The number of alkyl halides is 6. The van der Waals surface area contributed by atoms with Crippen molar-refractivity contribution in [3.05, 3.63) is 33.2 Å². The minimum atomic E-state index is -4.91. The Morgan fingerprint density at radius 2 is 1.83 bits per heavy atom. The van der Waals surface area contributed by atoms with Crippen LogP contribution in [0.25, 0.3) is 0 Å². The predicted octanol–water partition coefficient (Wildman–Crippen LogP) is 1.79. The number of piperazine rings is 1. The third-order valence-corrected chi connectivity index (χ3v) is 6.21. The number of amides is 1. The molecule has 10 nitrogen and oxygen atoms in total. The highest BCUT2D eigenvalue weighted by Gasteiger charge is 2.38. The van der Waals surface area contributed by atoms with Gasteiger partial charge in [0.05, 0.1) is 31.3 Å². The second kappa shape index (κ2) is 11.0. The Balaban J connectivity index is 1.44. The summed E-state index contributed by atoms with van der Waals surface area (Å²) in [5.41, 5.74) is -3.39. The van der Waals surface area contributed by atoms with Gasteiger partial charge in [-0.15, -0.1) is 0 Å². The molecule has 36 heavy (non-hydrogen) atoms. The van der Waals surface area contributed by atoms with E-state index in [1.54, 1.807) is 10.00 Å². The Hall–Kier alpha value is -2.92. The zero-order chi connectivity index (χ0) is 26.7. The number of H-pyrrole nitrogens is 1. The minimum Gasteiger partial charge on any atom is -0.381 e. The number of aliphatic hydroxyl groups is 1. The van der Waals surface area contributed by atoms with E-state index in [0.29, 0.717) is 11.3 Å². The van der Waals surface area contributed by atoms with Gasteiger partial charge in [0.25, 0.3) is 11.5 Å². The predicted molar refractivity (Wildman–Crippen MR) is 116 cm³/mol. The monoisotopic (exact) mass is 544 g/mol. The van der Waals surface area contributed by atoms with Gasteiger partial charge >= 0.3 is 12.4 Å². The Morgan fingerprint density at radius 3 is 2.42 bits per heavy atom. The molecular formula is C19H22F6N6O4S. The number of aromatic nitrogens is 3. The van der Waals surface area contributed by atoms with Gasteiger partial charge in [0, 0.05) is 32.2 Å². The van der Waals surface area contributed by atoms with Crippen molar-refractivity contribution < 1.29 is 41.0 Å². The molecule has 3 N–H and O–H groups in total. The van der Waals surface area contributed by atoms with Gasteiger partial charge in [-0.2, -0.15) is 31.4 Å². The molecule has 1 aliphatic heterocycles. The molecule has 3 heterocycles. The molecule has 0 saturated carbocycles. The first-order valence-electron chi connectivity index (χ1n) is 10.5. The van der Waals surface area contributed by atoms with Crippen LogP contribution in [-0.2, 0) is 21.9 Å². The number of carbonyl (C=O) groups excluding carboxylic acids is 1. The van der Waals surface area contributed by atoms with Gasteiger partial charge in [0.2, 0.25) is 0 Å². The lowest BCUT2D eigenvalue weighted by Gasteiger charge is -2.35. The molecule has 0 spiro atoms. The highest BCUT2D eigenvalue weighted by Crippen LogP contribution is 2.36. The average molecular weight is 544 g/mol. The van der Waals surface area contributed by atoms with Crippen molar-refractivity contribution in [2.75, 3.05) is 49.6 Å². The van der Waals surface area contributed by atoms with Crippen LogP contribution in [0.3, 0.4) is 0 Å². The minimum absolute atomic E-state index is 0.143. The van der Waals surface area contributed by atoms with Crippen LogP contribution in [0.4, 0.5) is 37.2 Å². The van der Waals surface area contributed by atoms with Gasteiger partial charge in [-0.05, 0) is 6.92 Å². The summed E-state index contributed by atoms with van der Waals surface area (Å²) < 4.78 is 82.9. The lowest BCUT2D eigenvalue weighted by Crippen LogP contribution is -2.52. The zero-order valence-electron chi connectivity index (χ0n) is 18.7. The van der Waals surface area contributed by atoms with Crippen LogP contribution in [0, 0.1) is 0 Å². The van der Waals surface area contributed by atoms with E-state index >= 15 is 0 Å². The maximum Gasteiger partial charge on any atom is 0.427 e. The topological polar surface area (TPSA) is 124 Å². The number of ether oxygens (including phenoxy) is 1. The van der Waals surface area contributed by atoms with Crippen LogP contribution in [0.1, 0.15) is 17.4 Å². The number of hydrogen-bond donors (Lipinski definition) is 3. The number of nitrogens with zero attached hydrogens (tertiary/aromatic N) is 4. The number of anilines is 2. The molecule has 17 heteroatoms. The third-order valence-electron chi connectivity index (χ3n) is 5.10. The molecule has 1 amide bonds. The summed E-state index contributed by atoms with van der Waals surface area (Å²) in [5.74, 6) is -0.650. The number of nitrogens with one attached hydrogen (secondary N) is 2. The maximum atomic E-state index is 13.1. The van der Waals surface area contributed by atoms with E-state index in [2.05, 4.69) is 15.4 Å². The van der Waals surface area contributed by atoms with Crippen molar-refractivity contribution in [3.63, 3.8) is 0 Å². The van der Waals surface area contributed by atoms with E-state index in [1.165, 1.54) is 11.8 Å². The normalized spacial score (nSPS) is 16.7. The summed E-state index contributed by atoms with van der Waals surface area (Å²) in [4.78, 5) is 29.9. The van der Waals surface area contributed by atoms with Crippen molar-refractivity contribution >= 4 is 28.1 Å². The first-order valence-corrected chi connectivity index (χ1v) is 11.3. The van der Waals surface area contributed by atoms with Gasteiger partial charge in [-0.25, -0.2) is 10.1 Å². The molecule has 0 radical (unpaired) electrons. The largest absolute Gasteiger partial charge is 0.427 e. The lowest BCUT2D eigenvalue weighted by molar-refractivity contribution is -0.143. The SMILES string of the molecule is C[C@@H](COC[C@@H](O)C(=O)N1CCN(c2ncc(C(F)(F)F)s2)CC1)Nc1cn[nH]c(=O)c1C(F)(F)F. The molecule has 0 aliphatic carbocycles. The number of aliphatic hydroxyl groups excluding tert-OH is 1. The van der Waals surface area contributed by atoms with Crippen LogP contribution in [-0.4, -0.2) is 82.6 Å². The highest BCUT2D eigenvalue weighted by molar-refractivity contribution is 7.15. The van der Waals surface area contributed by atoms with Crippen molar-refractivity contribution in [2.24, 2.45) is 0 Å². The average Bonchev–Trinajstić information content (AvgIpc) is 3.29. The molecule has 0 aromatic carbocycles. The fourth-order valence-electron chi connectivity index (χ4n) is 3.39. The van der Waals surface area contributed by atoms with Crippen LogP contribution < -0.4 is 15.8 Å². The fraction of sp³-hybridized carbons (Fsp3) is 0.579. The van der Waals surface area contributed by atoms with E-state index in [0.717, 1.165) is 12.4 Å². The molecule has 1 aliphatic rings. The van der Waals surface area contributed by atoms with Gasteiger partial charge in [0.15, 0.2) is 11.2 Å². The molecular weight excluding hydrogens is 522 g/mol. The van der Waals surface area contributed by atoms with E-state index in [9.17, 15) is 41.0 Å². The second-order valence-electron chi connectivity index (χ2n) is 7.90. The molecule has 3 rings (SSSR count). The van der Waals surface area contributed by atoms with Crippen LogP contribution >= 0.6 is 11.3 Å². The standard InChI is InChI=1S/C19H22F6N6O4S/c1-10(28-11-6-27-29-15(33)14(11)19(23,24)25)8-35-9-12(32)16(34)30-2-4-31(5-3-30)17-26-7-13(36-17)18(20,21)22/h6-7,10,12,32H,2-5,8-9H2,1H3,(H2,28,29,33)/t10-,12+/m0/s1. The second-order valence-corrected chi connectivity index (χ2v) is 8.91. The van der Waals surface area contributed by atoms with Crippen molar-refractivity contribution in [2.45, 2.75) is 31.4 Å². The number of rotatable bonds is 8. The van der Waals surface area contributed by atoms with Crippen molar-refractivity contribution in [1.82, 2.24) is 20.1 Å². The number of thiazole rings is 1. The first-order chi connectivity index (χ1) is 16.8. The number of aromatic amines is 1. The molecule has 2 aromatic heterocycles. The Labute approximate surface area is 203 Å². The molecule has 200 valence electrons. The highest BCUT2D eigenvalue weighted by atomic mass is 32.1. The van der Waals surface area contributed by atoms with Gasteiger partial charge in [0.1, 0.15) is 10.4 Å². The Bertz CT molecular complexity index is 1100. The maximum absolute atomic E-state index is 13.1. The van der Waals surface area contributed by atoms with E-state index in [4.69, 9.17) is 4.74 Å². The van der Waals surface area contributed by atoms with Crippen LogP contribution in [0.15, 0.2) is 17.2 Å². The molecule has 1 saturated heterocycles. The quantitative estimate of drug-likeness (QED) is 0.430. The zero-order valence-corrected chi connectivity index (χ0v) is 19.5. The van der Waals surface area contributed by atoms with Crippen LogP contribution in [0.2, 0.25) is 0 Å². The van der Waals surface area contributed by atoms with Gasteiger partial charge in [-0.3, -0.25) is 9.59 Å². The molecule has 2 aromatic rings. The van der Waals surface area contributed by atoms with Crippen molar-refractivity contribution in [1.29, 1.82) is 0 Å². The Kier molecular flexibility index (Phi) is 8.45. The molecule has 0 bridgehead atoms.